The van der Waals surface area contributed by atoms with Crippen LogP contribution in [0.2, 0.25) is 0 Å². The van der Waals surface area contributed by atoms with Gasteiger partial charge in [-0.2, -0.15) is 0 Å². The third-order valence-corrected chi connectivity index (χ3v) is 5.73. The molecule has 25 heavy (non-hydrogen) atoms. The molecule has 0 aromatic heterocycles. The van der Waals surface area contributed by atoms with Gasteiger partial charge in [-0.1, -0.05) is 6.07 Å². The Balaban J connectivity index is 1.43. The van der Waals surface area contributed by atoms with Crippen LogP contribution in [0.25, 0.3) is 0 Å². The number of aryl methyl sites for hydroxylation is 2. The zero-order chi connectivity index (χ0) is 17.2. The normalized spacial score (nSPS) is 23.4. The second-order valence-corrected chi connectivity index (χ2v) is 7.37. The van der Waals surface area contributed by atoms with Crippen LogP contribution in [0.4, 0.5) is 0 Å². The molecule has 2 amide bonds. The summed E-state index contributed by atoms with van der Waals surface area (Å²) < 4.78 is 5.33. The summed E-state index contributed by atoms with van der Waals surface area (Å²) >= 11 is 0. The lowest BCUT2D eigenvalue weighted by Gasteiger charge is -2.36. The van der Waals surface area contributed by atoms with Crippen molar-refractivity contribution in [1.29, 1.82) is 0 Å². The number of likely N-dealkylation sites (tertiary alicyclic amines) is 1. The third-order valence-electron chi connectivity index (χ3n) is 5.73. The van der Waals surface area contributed by atoms with Gasteiger partial charge < -0.3 is 14.5 Å². The Morgan fingerprint density at radius 3 is 2.60 bits per heavy atom. The van der Waals surface area contributed by atoms with Gasteiger partial charge in [-0.25, -0.2) is 0 Å². The van der Waals surface area contributed by atoms with Crippen LogP contribution in [0.1, 0.15) is 40.7 Å². The summed E-state index contributed by atoms with van der Waals surface area (Å²) in [6, 6.07) is 6.13. The van der Waals surface area contributed by atoms with Crippen molar-refractivity contribution in [3.8, 4) is 0 Å². The average molecular weight is 342 g/mol. The van der Waals surface area contributed by atoms with Gasteiger partial charge in [0, 0.05) is 31.7 Å². The second kappa shape index (κ2) is 7.16. The molecule has 2 saturated heterocycles. The van der Waals surface area contributed by atoms with Gasteiger partial charge in [0.15, 0.2) is 0 Å². The average Bonchev–Trinajstić information content (AvgIpc) is 3.15. The topological polar surface area (TPSA) is 49.9 Å². The molecule has 1 atom stereocenters. The lowest BCUT2D eigenvalue weighted by atomic mass is 9.95. The molecule has 2 fully saturated rings. The van der Waals surface area contributed by atoms with Crippen LogP contribution in [-0.2, 0) is 22.4 Å². The van der Waals surface area contributed by atoms with E-state index in [-0.39, 0.29) is 17.7 Å². The van der Waals surface area contributed by atoms with E-state index in [4.69, 9.17) is 4.74 Å². The molecule has 4 rings (SSSR count). The molecule has 5 heteroatoms. The number of amides is 2. The molecule has 1 aliphatic carbocycles. The lowest BCUT2D eigenvalue weighted by Crippen LogP contribution is -2.49. The number of nitrogens with zero attached hydrogens (tertiary/aromatic N) is 2. The lowest BCUT2D eigenvalue weighted by molar-refractivity contribution is -0.141. The molecule has 2 heterocycles. The molecule has 2 aliphatic heterocycles. The Bertz CT molecular complexity index is 667. The number of piperidine rings is 1. The molecule has 0 unspecified atom stereocenters. The molecule has 5 nitrogen and oxygen atoms in total. The number of carbonyl (C=O) groups excluding carboxylic acids is 2. The number of morpholine rings is 1. The maximum absolute atomic E-state index is 12.9. The molecular weight excluding hydrogens is 316 g/mol. The van der Waals surface area contributed by atoms with E-state index >= 15 is 0 Å². The summed E-state index contributed by atoms with van der Waals surface area (Å²) in [6.07, 6.45) is 5.17. The van der Waals surface area contributed by atoms with Crippen LogP contribution in [0, 0.1) is 5.92 Å². The Morgan fingerprint density at radius 1 is 0.960 bits per heavy atom. The van der Waals surface area contributed by atoms with Crippen molar-refractivity contribution < 1.29 is 14.3 Å². The summed E-state index contributed by atoms with van der Waals surface area (Å²) in [4.78, 5) is 29.4. The van der Waals surface area contributed by atoms with Crippen LogP contribution < -0.4 is 0 Å². The highest BCUT2D eigenvalue weighted by Gasteiger charge is 2.32. The zero-order valence-corrected chi connectivity index (χ0v) is 14.7. The van der Waals surface area contributed by atoms with E-state index in [1.807, 2.05) is 15.9 Å². The molecule has 3 aliphatic rings. The number of rotatable bonds is 2. The molecule has 0 saturated carbocycles. The van der Waals surface area contributed by atoms with Crippen molar-refractivity contribution in [2.45, 2.75) is 32.1 Å². The molecule has 0 radical (unpaired) electrons. The Hall–Kier alpha value is -1.88. The van der Waals surface area contributed by atoms with Gasteiger partial charge in [-0.3, -0.25) is 9.59 Å². The number of fused-ring (bicyclic) bond motifs is 1. The maximum atomic E-state index is 12.9. The van der Waals surface area contributed by atoms with E-state index in [1.165, 1.54) is 17.5 Å². The van der Waals surface area contributed by atoms with Gasteiger partial charge in [0.2, 0.25) is 5.91 Å². The molecule has 0 bridgehead atoms. The van der Waals surface area contributed by atoms with E-state index < -0.39 is 0 Å². The first-order valence-corrected chi connectivity index (χ1v) is 9.50. The highest BCUT2D eigenvalue weighted by molar-refractivity contribution is 5.95. The van der Waals surface area contributed by atoms with Gasteiger partial charge in [0.25, 0.3) is 5.91 Å². The minimum atomic E-state index is -0.0646. The van der Waals surface area contributed by atoms with Gasteiger partial charge >= 0.3 is 0 Å². The predicted octanol–water partition coefficient (Wildman–Crippen LogP) is 1.89. The molecule has 0 N–H and O–H groups in total. The first-order chi connectivity index (χ1) is 12.2. The predicted molar refractivity (Wildman–Crippen MR) is 94.5 cm³/mol. The molecule has 1 aromatic rings. The van der Waals surface area contributed by atoms with E-state index in [0.29, 0.717) is 32.8 Å². The fraction of sp³-hybridized carbons (Fsp3) is 0.600. The quantitative estimate of drug-likeness (QED) is 0.825. The Labute approximate surface area is 148 Å². The van der Waals surface area contributed by atoms with E-state index in [9.17, 15) is 9.59 Å². The van der Waals surface area contributed by atoms with Gasteiger partial charge in [-0.15, -0.1) is 0 Å². The fourth-order valence-electron chi connectivity index (χ4n) is 4.29. The van der Waals surface area contributed by atoms with Crippen molar-refractivity contribution >= 4 is 11.8 Å². The van der Waals surface area contributed by atoms with Crippen LogP contribution in [0.3, 0.4) is 0 Å². The minimum absolute atomic E-state index is 0.0646. The summed E-state index contributed by atoms with van der Waals surface area (Å²) in [5, 5.41) is 0. The number of hydrogen-bond donors (Lipinski definition) is 0. The van der Waals surface area contributed by atoms with Crippen molar-refractivity contribution in [2.24, 2.45) is 5.92 Å². The zero-order valence-electron chi connectivity index (χ0n) is 14.7. The van der Waals surface area contributed by atoms with Gasteiger partial charge in [0.1, 0.15) is 0 Å². The first-order valence-electron chi connectivity index (χ1n) is 9.50. The second-order valence-electron chi connectivity index (χ2n) is 7.37. The summed E-state index contributed by atoms with van der Waals surface area (Å²) in [6.45, 7) is 3.89. The van der Waals surface area contributed by atoms with Crippen LogP contribution in [0.5, 0.6) is 0 Å². The van der Waals surface area contributed by atoms with Crippen molar-refractivity contribution in [2.75, 3.05) is 39.4 Å². The monoisotopic (exact) mass is 342 g/mol. The molecule has 134 valence electrons. The smallest absolute Gasteiger partial charge is 0.253 e. The van der Waals surface area contributed by atoms with Crippen LogP contribution in [-0.4, -0.2) is 61.0 Å². The third kappa shape index (κ3) is 3.43. The van der Waals surface area contributed by atoms with Crippen LogP contribution >= 0.6 is 0 Å². The maximum Gasteiger partial charge on any atom is 0.253 e. The Kier molecular flexibility index (Phi) is 4.75. The largest absolute Gasteiger partial charge is 0.378 e. The SMILES string of the molecule is O=C(c1ccc2c(c1)CCC2)N1CCC[C@@H](C(=O)N2CCOCC2)C1. The molecular formula is C20H26N2O3. The summed E-state index contributed by atoms with van der Waals surface area (Å²) in [5.41, 5.74) is 3.49. The first kappa shape index (κ1) is 16.6. The van der Waals surface area contributed by atoms with E-state index in [1.54, 1.807) is 0 Å². The minimum Gasteiger partial charge on any atom is -0.378 e. The highest BCUT2D eigenvalue weighted by atomic mass is 16.5. The van der Waals surface area contributed by atoms with E-state index in [2.05, 4.69) is 12.1 Å². The van der Waals surface area contributed by atoms with Crippen molar-refractivity contribution in [1.82, 2.24) is 9.80 Å². The van der Waals surface area contributed by atoms with Gasteiger partial charge in [-0.05, 0) is 55.4 Å². The summed E-state index contributed by atoms with van der Waals surface area (Å²) in [7, 11) is 0. The fourth-order valence-corrected chi connectivity index (χ4v) is 4.29. The van der Waals surface area contributed by atoms with Gasteiger partial charge in [0.05, 0.1) is 19.1 Å². The number of carbonyl (C=O) groups is 2. The van der Waals surface area contributed by atoms with Crippen LogP contribution in [0.15, 0.2) is 18.2 Å². The number of hydrogen-bond acceptors (Lipinski definition) is 3. The molecule has 0 spiro atoms. The van der Waals surface area contributed by atoms with Crippen molar-refractivity contribution in [3.05, 3.63) is 34.9 Å². The molecule has 1 aromatic carbocycles. The number of ether oxygens (including phenoxy) is 1. The Morgan fingerprint density at radius 2 is 1.76 bits per heavy atom. The highest BCUT2D eigenvalue weighted by Crippen LogP contribution is 2.25. The van der Waals surface area contributed by atoms with E-state index in [0.717, 1.165) is 37.8 Å². The summed E-state index contributed by atoms with van der Waals surface area (Å²) in [5.74, 6) is 0.203. The standard InChI is InChI=1S/C20H26N2O3/c23-19(17-7-6-15-3-1-4-16(15)13-17)22-8-2-5-18(14-22)20(24)21-9-11-25-12-10-21/h6-7,13,18H,1-5,8-12,14H2/t18-/m1/s1. The number of benzene rings is 1. The van der Waals surface area contributed by atoms with Crippen molar-refractivity contribution in [3.63, 3.8) is 0 Å².